The number of carboxylic acid groups (broad SMARTS) is 1. The molecule has 3 nitrogen and oxygen atoms in total. The Hall–Kier alpha value is -2.55. The molecule has 3 heteroatoms. The van der Waals surface area contributed by atoms with Gasteiger partial charge in [-0.3, -0.25) is 0 Å². The molecule has 21 heavy (non-hydrogen) atoms. The van der Waals surface area contributed by atoms with Crippen molar-refractivity contribution >= 4 is 5.97 Å². The minimum absolute atomic E-state index is 0.833. The van der Waals surface area contributed by atoms with Gasteiger partial charge >= 0.3 is 5.97 Å². The lowest BCUT2D eigenvalue weighted by Crippen LogP contribution is -1.82. The van der Waals surface area contributed by atoms with Crippen LogP contribution in [0.1, 0.15) is 20.3 Å². The Bertz CT molecular complexity index is 455. The Balaban J connectivity index is 0.000000422. The zero-order chi connectivity index (χ0) is 15.9. The summed E-state index contributed by atoms with van der Waals surface area (Å²) in [5.74, 6) is 0.757. The first kappa shape index (κ1) is 18.4. The molecule has 0 amide bonds. The van der Waals surface area contributed by atoms with Crippen molar-refractivity contribution in [1.82, 2.24) is 0 Å². The summed E-state index contributed by atoms with van der Waals surface area (Å²) in [6.45, 7) is 7.21. The van der Waals surface area contributed by atoms with E-state index in [9.17, 15) is 4.79 Å². The summed E-state index contributed by atoms with van der Waals surface area (Å²) in [4.78, 5) is 9.25. The van der Waals surface area contributed by atoms with Crippen LogP contribution in [0.3, 0.4) is 0 Å². The van der Waals surface area contributed by atoms with E-state index < -0.39 is 5.97 Å². The highest BCUT2D eigenvalue weighted by atomic mass is 16.5. The number of rotatable bonds is 3. The average Bonchev–Trinajstić information content (AvgIpc) is 2.51. The van der Waals surface area contributed by atoms with Crippen molar-refractivity contribution in [2.24, 2.45) is 0 Å². The molecule has 0 aliphatic rings. The molecule has 2 aromatic carbocycles. The summed E-state index contributed by atoms with van der Waals surface area (Å²) < 4.78 is 5.58. The number of carbonyl (C=O) groups is 1. The van der Waals surface area contributed by atoms with E-state index in [1.807, 2.05) is 60.7 Å². The quantitative estimate of drug-likeness (QED) is 0.793. The van der Waals surface area contributed by atoms with Gasteiger partial charge in [0.2, 0.25) is 0 Å². The van der Waals surface area contributed by atoms with Crippen LogP contribution in [0.15, 0.2) is 73.3 Å². The van der Waals surface area contributed by atoms with Crippen molar-refractivity contribution in [1.29, 1.82) is 0 Å². The summed E-state index contributed by atoms with van der Waals surface area (Å²) in [6, 6.07) is 19.5. The van der Waals surface area contributed by atoms with Crippen molar-refractivity contribution in [3.8, 4) is 11.5 Å². The summed E-state index contributed by atoms with van der Waals surface area (Å²) in [5, 5.41) is 7.60. The molecule has 0 heterocycles. The van der Waals surface area contributed by atoms with Gasteiger partial charge in [-0.1, -0.05) is 63.2 Å². The van der Waals surface area contributed by atoms with Crippen LogP contribution in [0.5, 0.6) is 11.5 Å². The molecule has 2 aromatic rings. The minimum Gasteiger partial charge on any atom is -0.478 e. The second kappa shape index (κ2) is 12.5. The van der Waals surface area contributed by atoms with E-state index in [2.05, 4.69) is 20.4 Å². The van der Waals surface area contributed by atoms with Gasteiger partial charge in [-0.15, -0.1) is 0 Å². The van der Waals surface area contributed by atoms with E-state index in [1.54, 1.807) is 0 Å². The fourth-order valence-corrected chi connectivity index (χ4v) is 1.11. The third-order valence-electron chi connectivity index (χ3n) is 1.90. The summed E-state index contributed by atoms with van der Waals surface area (Å²) in [6.07, 6.45) is 2.08. The molecular weight excluding hydrogens is 264 g/mol. The highest BCUT2D eigenvalue weighted by Gasteiger charge is 1.92. The minimum atomic E-state index is -0.981. The van der Waals surface area contributed by atoms with Gasteiger partial charge in [0.25, 0.3) is 0 Å². The van der Waals surface area contributed by atoms with E-state index in [0.29, 0.717) is 0 Å². The fourth-order valence-electron chi connectivity index (χ4n) is 1.11. The van der Waals surface area contributed by atoms with Crippen molar-refractivity contribution in [2.75, 3.05) is 0 Å². The third kappa shape index (κ3) is 11.0. The van der Waals surface area contributed by atoms with Gasteiger partial charge in [-0.05, 0) is 24.3 Å². The highest BCUT2D eigenvalue weighted by molar-refractivity contribution is 5.78. The first-order valence-electron chi connectivity index (χ1n) is 6.77. The Morgan fingerprint density at radius 2 is 1.29 bits per heavy atom. The molecule has 0 bridgehead atoms. The first-order chi connectivity index (χ1) is 10.1. The molecule has 0 saturated carbocycles. The van der Waals surface area contributed by atoms with E-state index >= 15 is 0 Å². The van der Waals surface area contributed by atoms with Gasteiger partial charge in [-0.2, -0.15) is 0 Å². The van der Waals surface area contributed by atoms with Crippen LogP contribution in [0.25, 0.3) is 0 Å². The number of hydrogen-bond acceptors (Lipinski definition) is 2. The molecule has 1 N–H and O–H groups in total. The maximum atomic E-state index is 9.25. The number of ether oxygens (including phenoxy) is 1. The van der Waals surface area contributed by atoms with Crippen molar-refractivity contribution < 1.29 is 14.6 Å². The molecule has 2 rings (SSSR count). The van der Waals surface area contributed by atoms with Crippen LogP contribution in [0.4, 0.5) is 0 Å². The number of benzene rings is 2. The molecule has 0 spiro atoms. The van der Waals surface area contributed by atoms with Gasteiger partial charge in [0.1, 0.15) is 11.5 Å². The monoisotopic (exact) mass is 286 g/mol. The molecule has 112 valence electrons. The number of carboxylic acids is 1. The molecular formula is C18H22O3. The number of para-hydroxylation sites is 2. The highest BCUT2D eigenvalue weighted by Crippen LogP contribution is 2.19. The first-order valence-corrected chi connectivity index (χ1v) is 6.77. The number of hydrogen-bond donors (Lipinski definition) is 1. The van der Waals surface area contributed by atoms with Gasteiger partial charge in [-0.25, -0.2) is 4.79 Å². The molecule has 0 aliphatic carbocycles. The molecule has 0 radical (unpaired) electrons. The molecule has 0 saturated heterocycles. The second-order valence-electron chi connectivity index (χ2n) is 3.98. The van der Waals surface area contributed by atoms with Crippen molar-refractivity contribution in [3.05, 3.63) is 73.3 Å². The predicted molar refractivity (Wildman–Crippen MR) is 86.8 cm³/mol. The van der Waals surface area contributed by atoms with Crippen LogP contribution in [0.2, 0.25) is 0 Å². The zero-order valence-corrected chi connectivity index (χ0v) is 12.5. The SMILES string of the molecule is C=CC(=O)O.CCC.c1ccc(Oc2ccccc2)cc1. The largest absolute Gasteiger partial charge is 0.478 e. The topological polar surface area (TPSA) is 46.5 Å². The number of aliphatic carboxylic acids is 1. The van der Waals surface area contributed by atoms with E-state index in [4.69, 9.17) is 9.84 Å². The average molecular weight is 286 g/mol. The Kier molecular flexibility index (Phi) is 11.0. The zero-order valence-electron chi connectivity index (χ0n) is 12.5. The lowest BCUT2D eigenvalue weighted by atomic mass is 10.3. The third-order valence-corrected chi connectivity index (χ3v) is 1.90. The fraction of sp³-hybridized carbons (Fsp3) is 0.167. The molecule has 0 aliphatic heterocycles. The second-order valence-corrected chi connectivity index (χ2v) is 3.98. The molecule has 0 atom stereocenters. The van der Waals surface area contributed by atoms with Crippen LogP contribution >= 0.6 is 0 Å². The van der Waals surface area contributed by atoms with Gasteiger partial charge < -0.3 is 9.84 Å². The Labute approximate surface area is 126 Å². The summed E-state index contributed by atoms with van der Waals surface area (Å²) in [7, 11) is 0. The maximum absolute atomic E-state index is 9.25. The predicted octanol–water partition coefficient (Wildman–Crippen LogP) is 5.15. The standard InChI is InChI=1S/C12H10O.C3H4O2.C3H8/c1-3-7-11(8-4-1)13-12-9-5-2-6-10-12;1-2-3(4)5;1-3-2/h1-10H;2H,1H2,(H,4,5);3H2,1-2H3. The lowest BCUT2D eigenvalue weighted by Gasteiger charge is -2.03. The Morgan fingerprint density at radius 3 is 1.52 bits per heavy atom. The van der Waals surface area contributed by atoms with E-state index in [0.717, 1.165) is 17.6 Å². The molecule has 0 fully saturated rings. The van der Waals surface area contributed by atoms with Crippen molar-refractivity contribution in [2.45, 2.75) is 20.3 Å². The summed E-state index contributed by atoms with van der Waals surface area (Å²) in [5.41, 5.74) is 0. The van der Waals surface area contributed by atoms with Crippen LogP contribution in [0, 0.1) is 0 Å². The maximum Gasteiger partial charge on any atom is 0.327 e. The molecule has 0 aromatic heterocycles. The van der Waals surface area contributed by atoms with Gasteiger partial charge in [0, 0.05) is 6.08 Å². The van der Waals surface area contributed by atoms with Gasteiger partial charge in [0.15, 0.2) is 0 Å². The van der Waals surface area contributed by atoms with Crippen LogP contribution in [-0.2, 0) is 4.79 Å². The van der Waals surface area contributed by atoms with Gasteiger partial charge in [0.05, 0.1) is 0 Å². The van der Waals surface area contributed by atoms with E-state index in [1.165, 1.54) is 6.42 Å². The summed E-state index contributed by atoms with van der Waals surface area (Å²) >= 11 is 0. The lowest BCUT2D eigenvalue weighted by molar-refractivity contribution is -0.131. The Morgan fingerprint density at radius 1 is 1.00 bits per heavy atom. The van der Waals surface area contributed by atoms with E-state index in [-0.39, 0.29) is 0 Å². The van der Waals surface area contributed by atoms with Crippen LogP contribution < -0.4 is 4.74 Å². The normalized spacial score (nSPS) is 8.29. The van der Waals surface area contributed by atoms with Crippen LogP contribution in [-0.4, -0.2) is 11.1 Å². The van der Waals surface area contributed by atoms with Crippen molar-refractivity contribution in [3.63, 3.8) is 0 Å². The smallest absolute Gasteiger partial charge is 0.327 e. The molecule has 0 unspecified atom stereocenters.